The molecule has 21 heavy (non-hydrogen) atoms. The number of aryl methyl sites for hydroxylation is 2. The maximum absolute atomic E-state index is 11.2. The minimum absolute atomic E-state index is 0.399. The number of hydrogen-bond donors (Lipinski definition) is 1. The molecule has 5 nitrogen and oxygen atoms in total. The maximum Gasteiger partial charge on any atom is 0.248 e. The van der Waals surface area contributed by atoms with Crippen LogP contribution in [0.4, 0.5) is 0 Å². The zero-order valence-electron chi connectivity index (χ0n) is 11.6. The number of carbonyl (C=O) groups is 1. The number of thiophene rings is 1. The Bertz CT molecular complexity index is 842. The molecular weight excluding hydrogens is 286 g/mol. The molecule has 3 rings (SSSR count). The van der Waals surface area contributed by atoms with E-state index in [1.54, 1.807) is 35.6 Å². The van der Waals surface area contributed by atoms with E-state index >= 15 is 0 Å². The summed E-state index contributed by atoms with van der Waals surface area (Å²) in [5, 5.41) is 0.907. The van der Waals surface area contributed by atoms with E-state index in [-0.39, 0.29) is 0 Å². The summed E-state index contributed by atoms with van der Waals surface area (Å²) in [7, 11) is 0. The van der Waals surface area contributed by atoms with Crippen LogP contribution in [0.5, 0.6) is 11.6 Å². The predicted molar refractivity (Wildman–Crippen MR) is 81.9 cm³/mol. The lowest BCUT2D eigenvalue weighted by Gasteiger charge is -2.07. The van der Waals surface area contributed by atoms with Gasteiger partial charge in [-0.3, -0.25) is 4.79 Å². The Balaban J connectivity index is 2.06. The number of ether oxygens (including phenoxy) is 1. The summed E-state index contributed by atoms with van der Waals surface area (Å²) in [4.78, 5) is 21.8. The van der Waals surface area contributed by atoms with E-state index in [4.69, 9.17) is 10.5 Å². The first-order valence-corrected chi connectivity index (χ1v) is 7.16. The lowest BCUT2D eigenvalue weighted by atomic mass is 10.2. The molecule has 0 unspecified atom stereocenters. The molecule has 0 saturated carbocycles. The minimum atomic E-state index is -0.490. The minimum Gasteiger partial charge on any atom is -0.438 e. The van der Waals surface area contributed by atoms with Crippen LogP contribution in [0, 0.1) is 13.8 Å². The van der Waals surface area contributed by atoms with Crippen LogP contribution in [0.25, 0.3) is 10.2 Å². The molecule has 2 heterocycles. The highest BCUT2D eigenvalue weighted by atomic mass is 32.1. The molecule has 2 N–H and O–H groups in total. The molecular formula is C15H13N3O2S. The molecule has 0 aliphatic heterocycles. The van der Waals surface area contributed by atoms with Gasteiger partial charge in [-0.1, -0.05) is 6.07 Å². The zero-order chi connectivity index (χ0) is 15.0. The van der Waals surface area contributed by atoms with Crippen LogP contribution in [-0.4, -0.2) is 15.9 Å². The lowest BCUT2D eigenvalue weighted by Crippen LogP contribution is -2.10. The van der Waals surface area contributed by atoms with Crippen molar-refractivity contribution in [2.24, 2.45) is 5.73 Å². The van der Waals surface area contributed by atoms with Crippen molar-refractivity contribution in [1.82, 2.24) is 9.97 Å². The van der Waals surface area contributed by atoms with Gasteiger partial charge in [-0.05, 0) is 37.6 Å². The largest absolute Gasteiger partial charge is 0.438 e. The first kappa shape index (κ1) is 13.5. The van der Waals surface area contributed by atoms with E-state index in [2.05, 4.69) is 9.97 Å². The van der Waals surface area contributed by atoms with Gasteiger partial charge in [0.1, 0.15) is 16.9 Å². The fourth-order valence-electron chi connectivity index (χ4n) is 2.05. The second-order valence-electron chi connectivity index (χ2n) is 4.64. The van der Waals surface area contributed by atoms with Gasteiger partial charge < -0.3 is 10.5 Å². The Hall–Kier alpha value is -2.47. The number of nitrogens with two attached hydrogens (primary N) is 1. The first-order chi connectivity index (χ1) is 10.1. The summed E-state index contributed by atoms with van der Waals surface area (Å²) in [5.74, 6) is 0.522. The summed E-state index contributed by atoms with van der Waals surface area (Å²) in [6.07, 6.45) is 1.48. The molecule has 0 spiro atoms. The van der Waals surface area contributed by atoms with Crippen LogP contribution in [-0.2, 0) is 0 Å². The van der Waals surface area contributed by atoms with Gasteiger partial charge in [0.25, 0.3) is 0 Å². The van der Waals surface area contributed by atoms with E-state index in [9.17, 15) is 4.79 Å². The molecule has 2 aromatic heterocycles. The number of benzene rings is 1. The Kier molecular flexibility index (Phi) is 3.31. The highest BCUT2D eigenvalue weighted by molar-refractivity contribution is 7.18. The van der Waals surface area contributed by atoms with Gasteiger partial charge in [0.05, 0.1) is 5.39 Å². The van der Waals surface area contributed by atoms with Gasteiger partial charge in [0, 0.05) is 10.4 Å². The molecule has 0 aliphatic carbocycles. The molecule has 106 valence electrons. The van der Waals surface area contributed by atoms with Gasteiger partial charge in [-0.15, -0.1) is 11.3 Å². The van der Waals surface area contributed by atoms with Crippen molar-refractivity contribution in [3.05, 3.63) is 46.6 Å². The summed E-state index contributed by atoms with van der Waals surface area (Å²) in [6.45, 7) is 4.06. The monoisotopic (exact) mass is 299 g/mol. The summed E-state index contributed by atoms with van der Waals surface area (Å²) in [6, 6.07) is 6.73. The molecule has 1 amide bonds. The van der Waals surface area contributed by atoms with Gasteiger partial charge in [-0.25, -0.2) is 9.97 Å². The summed E-state index contributed by atoms with van der Waals surface area (Å²) < 4.78 is 5.82. The van der Waals surface area contributed by atoms with Crippen LogP contribution in [0.15, 0.2) is 30.6 Å². The average Bonchev–Trinajstić information content (AvgIpc) is 2.75. The Morgan fingerprint density at radius 2 is 2.10 bits per heavy atom. The topological polar surface area (TPSA) is 78.1 Å². The first-order valence-electron chi connectivity index (χ1n) is 6.34. The van der Waals surface area contributed by atoms with Crippen molar-refractivity contribution in [2.45, 2.75) is 13.8 Å². The summed E-state index contributed by atoms with van der Waals surface area (Å²) >= 11 is 1.61. The molecule has 0 bridgehead atoms. The van der Waals surface area contributed by atoms with Gasteiger partial charge in [0.2, 0.25) is 11.8 Å². The van der Waals surface area contributed by atoms with Crippen LogP contribution in [0.1, 0.15) is 20.8 Å². The molecule has 1 aromatic carbocycles. The molecule has 0 radical (unpaired) electrons. The average molecular weight is 299 g/mol. The van der Waals surface area contributed by atoms with Crippen molar-refractivity contribution in [3.8, 4) is 11.6 Å². The number of carbonyl (C=O) groups excluding carboxylic acids is 1. The van der Waals surface area contributed by atoms with Crippen LogP contribution < -0.4 is 10.5 Å². The molecule has 6 heteroatoms. The maximum atomic E-state index is 11.2. The standard InChI is InChI=1S/C15H13N3O2S/c1-8-9(2)21-15-12(8)14(17-7-18-15)20-11-5-3-4-10(6-11)13(16)19/h3-7H,1-2H3,(H2,16,19). The number of fused-ring (bicyclic) bond motifs is 1. The third-order valence-corrected chi connectivity index (χ3v) is 4.38. The fourth-order valence-corrected chi connectivity index (χ4v) is 3.04. The number of primary amides is 1. The highest BCUT2D eigenvalue weighted by Gasteiger charge is 2.14. The quantitative estimate of drug-likeness (QED) is 0.805. The second-order valence-corrected chi connectivity index (χ2v) is 5.84. The number of hydrogen-bond acceptors (Lipinski definition) is 5. The molecule has 0 aliphatic rings. The predicted octanol–water partition coefficient (Wildman–Crippen LogP) is 3.20. The van der Waals surface area contributed by atoms with Crippen molar-refractivity contribution in [1.29, 1.82) is 0 Å². The third-order valence-electron chi connectivity index (χ3n) is 3.26. The highest BCUT2D eigenvalue weighted by Crippen LogP contribution is 2.35. The Labute approximate surface area is 125 Å². The van der Waals surface area contributed by atoms with E-state index < -0.39 is 5.91 Å². The molecule has 0 atom stereocenters. The molecule has 3 aromatic rings. The summed E-state index contributed by atoms with van der Waals surface area (Å²) in [5.41, 5.74) is 6.78. The van der Waals surface area contributed by atoms with E-state index in [0.717, 1.165) is 15.8 Å². The van der Waals surface area contributed by atoms with E-state index in [1.165, 1.54) is 11.2 Å². The third kappa shape index (κ3) is 2.45. The lowest BCUT2D eigenvalue weighted by molar-refractivity contribution is 0.1000. The van der Waals surface area contributed by atoms with Crippen molar-refractivity contribution >= 4 is 27.5 Å². The van der Waals surface area contributed by atoms with Crippen LogP contribution >= 0.6 is 11.3 Å². The number of nitrogens with zero attached hydrogens (tertiary/aromatic N) is 2. The van der Waals surface area contributed by atoms with Gasteiger partial charge in [-0.2, -0.15) is 0 Å². The number of amides is 1. The van der Waals surface area contributed by atoms with Crippen LogP contribution in [0.3, 0.4) is 0 Å². The van der Waals surface area contributed by atoms with Crippen LogP contribution in [0.2, 0.25) is 0 Å². The second kappa shape index (κ2) is 5.14. The normalized spacial score (nSPS) is 10.8. The van der Waals surface area contributed by atoms with Gasteiger partial charge >= 0.3 is 0 Å². The molecule has 0 saturated heterocycles. The SMILES string of the molecule is Cc1sc2ncnc(Oc3cccc(C(N)=O)c3)c2c1C. The molecule has 0 fully saturated rings. The smallest absolute Gasteiger partial charge is 0.248 e. The number of aromatic nitrogens is 2. The van der Waals surface area contributed by atoms with Crippen molar-refractivity contribution in [3.63, 3.8) is 0 Å². The van der Waals surface area contributed by atoms with E-state index in [0.29, 0.717) is 17.2 Å². The van der Waals surface area contributed by atoms with Crippen molar-refractivity contribution < 1.29 is 9.53 Å². The van der Waals surface area contributed by atoms with Gasteiger partial charge in [0.15, 0.2) is 0 Å². The number of rotatable bonds is 3. The Morgan fingerprint density at radius 1 is 1.29 bits per heavy atom. The van der Waals surface area contributed by atoms with E-state index in [1.807, 2.05) is 13.8 Å². The zero-order valence-corrected chi connectivity index (χ0v) is 12.4. The Morgan fingerprint density at radius 3 is 2.86 bits per heavy atom. The van der Waals surface area contributed by atoms with Crippen molar-refractivity contribution in [2.75, 3.05) is 0 Å². The fraction of sp³-hybridized carbons (Fsp3) is 0.133.